The predicted octanol–water partition coefficient (Wildman–Crippen LogP) is 2.71. The zero-order valence-corrected chi connectivity index (χ0v) is 11.8. The van der Waals surface area contributed by atoms with Crippen LogP contribution in [-0.4, -0.2) is 36.3 Å². The summed E-state index contributed by atoms with van der Waals surface area (Å²) in [5, 5.41) is 0. The van der Waals surface area contributed by atoms with E-state index in [-0.39, 0.29) is 5.41 Å². The van der Waals surface area contributed by atoms with Crippen molar-refractivity contribution in [3.63, 3.8) is 0 Å². The van der Waals surface area contributed by atoms with Crippen LogP contribution in [0.2, 0.25) is 0 Å². The van der Waals surface area contributed by atoms with Crippen LogP contribution in [0.25, 0.3) is 0 Å². The number of carbonyl (C=O) groups excluding carboxylic acids is 1. The van der Waals surface area contributed by atoms with E-state index in [1.807, 2.05) is 18.3 Å². The van der Waals surface area contributed by atoms with Gasteiger partial charge in [-0.1, -0.05) is 25.3 Å². The molecule has 0 saturated heterocycles. The van der Waals surface area contributed by atoms with Crippen molar-refractivity contribution in [3.8, 4) is 0 Å². The molecule has 0 aliphatic heterocycles. The molecule has 1 saturated carbocycles. The molecule has 19 heavy (non-hydrogen) atoms. The topological polar surface area (TPSA) is 33.2 Å². The lowest BCUT2D eigenvalue weighted by Gasteiger charge is -2.35. The summed E-state index contributed by atoms with van der Waals surface area (Å²) < 4.78 is 0. The molecule has 1 fully saturated rings. The molecule has 1 aliphatic carbocycles. The first kappa shape index (κ1) is 14.2. The van der Waals surface area contributed by atoms with Crippen molar-refractivity contribution < 1.29 is 4.79 Å². The second-order valence-electron chi connectivity index (χ2n) is 5.85. The van der Waals surface area contributed by atoms with E-state index in [1.54, 1.807) is 0 Å². The van der Waals surface area contributed by atoms with Gasteiger partial charge in [-0.2, -0.15) is 0 Å². The van der Waals surface area contributed by atoms with Gasteiger partial charge in [0.1, 0.15) is 6.29 Å². The van der Waals surface area contributed by atoms with Gasteiger partial charge in [-0.05, 0) is 32.0 Å². The van der Waals surface area contributed by atoms with E-state index < -0.39 is 0 Å². The largest absolute Gasteiger partial charge is 0.305 e. The Kier molecular flexibility index (Phi) is 5.08. The summed E-state index contributed by atoms with van der Waals surface area (Å²) >= 11 is 0. The van der Waals surface area contributed by atoms with Crippen LogP contribution in [-0.2, 0) is 11.2 Å². The van der Waals surface area contributed by atoms with Crippen LogP contribution in [0.3, 0.4) is 0 Å². The minimum atomic E-state index is -0.0862. The van der Waals surface area contributed by atoms with Crippen molar-refractivity contribution in [2.75, 3.05) is 20.1 Å². The van der Waals surface area contributed by atoms with E-state index in [2.05, 4.69) is 23.0 Å². The average molecular weight is 260 g/mol. The Hall–Kier alpha value is -1.22. The van der Waals surface area contributed by atoms with Gasteiger partial charge in [0.15, 0.2) is 0 Å². The fraction of sp³-hybridized carbons (Fsp3) is 0.625. The number of carbonyl (C=O) groups is 1. The zero-order valence-electron chi connectivity index (χ0n) is 11.8. The molecule has 1 aromatic heterocycles. The van der Waals surface area contributed by atoms with Gasteiger partial charge in [0.25, 0.3) is 0 Å². The normalized spacial score (nSPS) is 18.4. The molecule has 0 bridgehead atoms. The number of rotatable bonds is 6. The number of nitrogens with zero attached hydrogens (tertiary/aromatic N) is 2. The summed E-state index contributed by atoms with van der Waals surface area (Å²) in [6.07, 6.45) is 9.81. The van der Waals surface area contributed by atoms with E-state index >= 15 is 0 Å². The van der Waals surface area contributed by atoms with Crippen molar-refractivity contribution in [1.82, 2.24) is 9.88 Å². The molecule has 0 radical (unpaired) electrons. The third-order valence-electron chi connectivity index (χ3n) is 4.16. The average Bonchev–Trinajstić information content (AvgIpc) is 2.47. The zero-order chi connectivity index (χ0) is 13.6. The minimum Gasteiger partial charge on any atom is -0.305 e. The van der Waals surface area contributed by atoms with Gasteiger partial charge in [-0.3, -0.25) is 4.98 Å². The van der Waals surface area contributed by atoms with Gasteiger partial charge < -0.3 is 9.69 Å². The standard InChI is InChI=1S/C16H24N2O/c1-18(12-8-15-7-3-6-11-17-15)13-16(14-19)9-4-2-5-10-16/h3,6-7,11,14H,2,4-5,8-10,12-13H2,1H3. The maximum absolute atomic E-state index is 11.5. The molecule has 0 spiro atoms. The van der Waals surface area contributed by atoms with E-state index in [1.165, 1.54) is 25.5 Å². The molecule has 0 atom stereocenters. The number of likely N-dealkylation sites (N-methyl/N-ethyl adjacent to an activating group) is 1. The van der Waals surface area contributed by atoms with Gasteiger partial charge >= 0.3 is 0 Å². The number of aldehydes is 1. The van der Waals surface area contributed by atoms with Crippen molar-refractivity contribution in [2.45, 2.75) is 38.5 Å². The maximum Gasteiger partial charge on any atom is 0.127 e. The van der Waals surface area contributed by atoms with Crippen molar-refractivity contribution in [3.05, 3.63) is 30.1 Å². The van der Waals surface area contributed by atoms with Crippen LogP contribution >= 0.6 is 0 Å². The van der Waals surface area contributed by atoms with Gasteiger partial charge in [0.2, 0.25) is 0 Å². The van der Waals surface area contributed by atoms with E-state index in [0.717, 1.165) is 38.0 Å². The number of hydrogen-bond acceptors (Lipinski definition) is 3. The summed E-state index contributed by atoms with van der Waals surface area (Å²) in [5.41, 5.74) is 1.04. The van der Waals surface area contributed by atoms with Crippen LogP contribution in [0.15, 0.2) is 24.4 Å². The second kappa shape index (κ2) is 6.80. The summed E-state index contributed by atoms with van der Waals surface area (Å²) in [5.74, 6) is 0. The van der Waals surface area contributed by atoms with Gasteiger partial charge in [-0.15, -0.1) is 0 Å². The van der Waals surface area contributed by atoms with Crippen LogP contribution in [0, 0.1) is 5.41 Å². The Morgan fingerprint density at radius 1 is 1.32 bits per heavy atom. The third kappa shape index (κ3) is 4.13. The molecular formula is C16H24N2O. The number of pyridine rings is 1. The monoisotopic (exact) mass is 260 g/mol. The van der Waals surface area contributed by atoms with Gasteiger partial charge in [0, 0.05) is 36.8 Å². The molecule has 104 valence electrons. The summed E-state index contributed by atoms with van der Waals surface area (Å²) in [6, 6.07) is 6.02. The Bertz CT molecular complexity index is 385. The Balaban J connectivity index is 1.82. The lowest BCUT2D eigenvalue weighted by Crippen LogP contribution is -2.39. The Labute approximate surface area is 116 Å². The number of hydrogen-bond donors (Lipinski definition) is 0. The predicted molar refractivity (Wildman–Crippen MR) is 77.0 cm³/mol. The fourth-order valence-electron chi connectivity index (χ4n) is 3.04. The third-order valence-corrected chi connectivity index (χ3v) is 4.16. The van der Waals surface area contributed by atoms with E-state index in [9.17, 15) is 4.79 Å². The summed E-state index contributed by atoms with van der Waals surface area (Å²) in [6.45, 7) is 1.86. The first-order chi connectivity index (χ1) is 9.24. The lowest BCUT2D eigenvalue weighted by atomic mass is 9.75. The first-order valence-electron chi connectivity index (χ1n) is 7.29. The maximum atomic E-state index is 11.5. The molecule has 3 heteroatoms. The van der Waals surface area contributed by atoms with Crippen molar-refractivity contribution in [1.29, 1.82) is 0 Å². The van der Waals surface area contributed by atoms with Crippen LogP contribution in [0.4, 0.5) is 0 Å². The Morgan fingerprint density at radius 2 is 2.11 bits per heavy atom. The summed E-state index contributed by atoms with van der Waals surface area (Å²) in [7, 11) is 2.11. The van der Waals surface area contributed by atoms with Crippen LogP contribution < -0.4 is 0 Å². The molecule has 2 rings (SSSR count). The molecule has 1 aliphatic rings. The molecule has 3 nitrogen and oxygen atoms in total. The molecule has 0 N–H and O–H groups in total. The van der Waals surface area contributed by atoms with E-state index in [4.69, 9.17) is 0 Å². The smallest absolute Gasteiger partial charge is 0.127 e. The minimum absolute atomic E-state index is 0.0862. The second-order valence-corrected chi connectivity index (χ2v) is 5.85. The highest BCUT2D eigenvalue weighted by Crippen LogP contribution is 2.34. The number of aromatic nitrogens is 1. The van der Waals surface area contributed by atoms with Crippen molar-refractivity contribution in [2.24, 2.45) is 5.41 Å². The quantitative estimate of drug-likeness (QED) is 0.737. The lowest BCUT2D eigenvalue weighted by molar-refractivity contribution is -0.118. The molecular weight excluding hydrogens is 236 g/mol. The molecule has 0 unspecified atom stereocenters. The SMILES string of the molecule is CN(CCc1ccccn1)CC1(C=O)CCCCC1. The van der Waals surface area contributed by atoms with Crippen LogP contribution in [0.1, 0.15) is 37.8 Å². The molecule has 0 aromatic carbocycles. The van der Waals surface area contributed by atoms with E-state index in [0.29, 0.717) is 0 Å². The highest BCUT2D eigenvalue weighted by Gasteiger charge is 2.32. The van der Waals surface area contributed by atoms with Crippen LogP contribution in [0.5, 0.6) is 0 Å². The first-order valence-corrected chi connectivity index (χ1v) is 7.29. The highest BCUT2D eigenvalue weighted by atomic mass is 16.1. The molecule has 1 aromatic rings. The molecule has 0 amide bonds. The van der Waals surface area contributed by atoms with Gasteiger partial charge in [0.05, 0.1) is 0 Å². The highest BCUT2D eigenvalue weighted by molar-refractivity contribution is 5.60. The summed E-state index contributed by atoms with van der Waals surface area (Å²) in [4.78, 5) is 18.1. The fourth-order valence-corrected chi connectivity index (χ4v) is 3.04. The molecule has 1 heterocycles. The van der Waals surface area contributed by atoms with Gasteiger partial charge in [-0.25, -0.2) is 0 Å². The van der Waals surface area contributed by atoms with Crippen molar-refractivity contribution >= 4 is 6.29 Å². The Morgan fingerprint density at radius 3 is 2.74 bits per heavy atom.